The van der Waals surface area contributed by atoms with Gasteiger partial charge in [0, 0.05) is 11.6 Å². The van der Waals surface area contributed by atoms with Crippen LogP contribution in [0.4, 0.5) is 0 Å². The van der Waals surface area contributed by atoms with Crippen molar-refractivity contribution < 1.29 is 17.9 Å². The van der Waals surface area contributed by atoms with Gasteiger partial charge >= 0.3 is 0 Å². The van der Waals surface area contributed by atoms with Gasteiger partial charge in [-0.1, -0.05) is 17.7 Å². The Labute approximate surface area is 135 Å². The van der Waals surface area contributed by atoms with E-state index >= 15 is 0 Å². The van der Waals surface area contributed by atoms with E-state index in [9.17, 15) is 13.2 Å². The zero-order valence-corrected chi connectivity index (χ0v) is 14.0. The van der Waals surface area contributed by atoms with Crippen molar-refractivity contribution in [3.63, 3.8) is 0 Å². The summed E-state index contributed by atoms with van der Waals surface area (Å²) in [6, 6.07) is 3.34. The highest BCUT2D eigenvalue weighted by Gasteiger charge is 2.25. The average Bonchev–Trinajstić information content (AvgIpc) is 2.46. The Morgan fingerprint density at radius 1 is 1.50 bits per heavy atom. The molecule has 0 heterocycles. The van der Waals surface area contributed by atoms with E-state index in [2.05, 4.69) is 16.6 Å². The molecular weight excluding hydrogens is 328 g/mol. The first-order valence-corrected chi connectivity index (χ1v) is 8.51. The summed E-state index contributed by atoms with van der Waals surface area (Å²) in [5.41, 5.74) is 0. The molecule has 22 heavy (non-hydrogen) atoms. The van der Waals surface area contributed by atoms with Gasteiger partial charge in [-0.25, -0.2) is 8.42 Å². The van der Waals surface area contributed by atoms with Gasteiger partial charge in [-0.3, -0.25) is 4.79 Å². The van der Waals surface area contributed by atoms with Gasteiger partial charge in [-0.2, -0.15) is 4.72 Å². The van der Waals surface area contributed by atoms with E-state index < -0.39 is 22.0 Å². The summed E-state index contributed by atoms with van der Waals surface area (Å²) in [6.45, 7) is 7.22. The third kappa shape index (κ3) is 5.01. The molecule has 8 heteroatoms. The van der Waals surface area contributed by atoms with Crippen LogP contribution in [0.2, 0.25) is 5.02 Å². The summed E-state index contributed by atoms with van der Waals surface area (Å²) in [5.74, 6) is -0.276. The summed E-state index contributed by atoms with van der Waals surface area (Å²) in [6.07, 6.45) is 1.50. The molecule has 0 radical (unpaired) electrons. The zero-order chi connectivity index (χ0) is 16.8. The van der Waals surface area contributed by atoms with Crippen LogP contribution in [0, 0.1) is 0 Å². The van der Waals surface area contributed by atoms with Crippen LogP contribution in [0.15, 0.2) is 35.7 Å². The second-order valence-electron chi connectivity index (χ2n) is 4.40. The Balaban J connectivity index is 3.01. The van der Waals surface area contributed by atoms with Gasteiger partial charge in [0.15, 0.2) is 0 Å². The standard InChI is InChI=1S/C14H19ClN2O4S/c1-4-8-16-14(18)10(3)17-22(19,20)13-9-11(15)6-7-12(13)21-5-2/h4,6-7,9-10,17H,1,5,8H2,2-3H3,(H,16,18). The molecule has 0 aliphatic rings. The lowest BCUT2D eigenvalue weighted by atomic mass is 10.3. The predicted octanol–water partition coefficient (Wildman–Crippen LogP) is 1.71. The van der Waals surface area contributed by atoms with Gasteiger partial charge in [-0.15, -0.1) is 6.58 Å². The van der Waals surface area contributed by atoms with Crippen LogP contribution in [-0.4, -0.2) is 33.5 Å². The summed E-state index contributed by atoms with van der Waals surface area (Å²) in [5, 5.41) is 2.77. The minimum absolute atomic E-state index is 0.106. The third-order valence-electron chi connectivity index (χ3n) is 2.64. The first-order valence-electron chi connectivity index (χ1n) is 6.65. The fourth-order valence-corrected chi connectivity index (χ4v) is 3.25. The molecule has 0 fully saturated rings. The second kappa shape index (κ2) is 8.17. The monoisotopic (exact) mass is 346 g/mol. The number of benzene rings is 1. The van der Waals surface area contributed by atoms with Crippen molar-refractivity contribution in [3.8, 4) is 5.75 Å². The normalized spacial score (nSPS) is 12.5. The lowest BCUT2D eigenvalue weighted by molar-refractivity contribution is -0.122. The molecule has 0 aliphatic carbocycles. The van der Waals surface area contributed by atoms with E-state index in [0.717, 1.165) is 0 Å². The van der Waals surface area contributed by atoms with Gasteiger partial charge in [-0.05, 0) is 32.0 Å². The second-order valence-corrected chi connectivity index (χ2v) is 6.52. The Morgan fingerprint density at radius 2 is 2.18 bits per heavy atom. The van der Waals surface area contributed by atoms with Gasteiger partial charge < -0.3 is 10.1 Å². The summed E-state index contributed by atoms with van der Waals surface area (Å²) < 4.78 is 32.4. The number of carbonyl (C=O) groups excluding carboxylic acids is 1. The Morgan fingerprint density at radius 3 is 2.77 bits per heavy atom. The maximum absolute atomic E-state index is 12.4. The van der Waals surface area contributed by atoms with Crippen LogP contribution in [0.25, 0.3) is 0 Å². The quantitative estimate of drug-likeness (QED) is 0.702. The van der Waals surface area contributed by atoms with Gasteiger partial charge in [0.25, 0.3) is 0 Å². The molecule has 0 bridgehead atoms. The molecule has 1 rings (SSSR count). The van der Waals surface area contributed by atoms with E-state index in [-0.39, 0.29) is 22.2 Å². The van der Waals surface area contributed by atoms with E-state index in [1.807, 2.05) is 0 Å². The van der Waals surface area contributed by atoms with Gasteiger partial charge in [0.1, 0.15) is 10.6 Å². The Hall–Kier alpha value is -1.57. The van der Waals surface area contributed by atoms with E-state index in [1.54, 1.807) is 6.92 Å². The van der Waals surface area contributed by atoms with Crippen molar-refractivity contribution in [3.05, 3.63) is 35.9 Å². The lowest BCUT2D eigenvalue weighted by Gasteiger charge is -2.16. The molecule has 1 aromatic rings. The molecule has 1 unspecified atom stereocenters. The van der Waals surface area contributed by atoms with E-state index in [4.69, 9.17) is 16.3 Å². The van der Waals surface area contributed by atoms with Crippen LogP contribution < -0.4 is 14.8 Å². The van der Waals surface area contributed by atoms with Crippen LogP contribution >= 0.6 is 11.6 Å². The third-order valence-corrected chi connectivity index (χ3v) is 4.44. The molecule has 6 nitrogen and oxygen atoms in total. The van der Waals surface area contributed by atoms with Crippen molar-refractivity contribution in [2.75, 3.05) is 13.2 Å². The minimum Gasteiger partial charge on any atom is -0.492 e. The first-order chi connectivity index (χ1) is 10.3. The first kappa shape index (κ1) is 18.5. The Kier molecular flexibility index (Phi) is 6.86. The molecule has 0 saturated heterocycles. The number of halogens is 1. The van der Waals surface area contributed by atoms with Crippen molar-refractivity contribution in [2.24, 2.45) is 0 Å². The number of sulfonamides is 1. The number of hydrogen-bond donors (Lipinski definition) is 2. The van der Waals surface area contributed by atoms with E-state index in [0.29, 0.717) is 6.61 Å². The van der Waals surface area contributed by atoms with Crippen LogP contribution in [0.5, 0.6) is 5.75 Å². The van der Waals surface area contributed by atoms with Gasteiger partial charge in [0.2, 0.25) is 15.9 Å². The maximum atomic E-state index is 12.4. The molecule has 1 amide bonds. The molecule has 1 aromatic carbocycles. The molecule has 2 N–H and O–H groups in total. The van der Waals surface area contributed by atoms with Crippen LogP contribution in [0.1, 0.15) is 13.8 Å². The fraction of sp³-hybridized carbons (Fsp3) is 0.357. The van der Waals surface area contributed by atoms with Crippen molar-refractivity contribution in [1.29, 1.82) is 0 Å². The minimum atomic E-state index is -3.95. The topological polar surface area (TPSA) is 84.5 Å². The summed E-state index contributed by atoms with van der Waals surface area (Å²) in [7, 11) is -3.95. The molecule has 0 aliphatic heterocycles. The molecule has 0 saturated carbocycles. The summed E-state index contributed by atoms with van der Waals surface area (Å²) >= 11 is 5.85. The number of amides is 1. The fourth-order valence-electron chi connectivity index (χ4n) is 1.64. The number of rotatable bonds is 8. The predicted molar refractivity (Wildman–Crippen MR) is 85.6 cm³/mol. The molecule has 1 atom stereocenters. The Bertz CT molecular complexity index is 646. The molecule has 0 aromatic heterocycles. The largest absolute Gasteiger partial charge is 0.492 e. The average molecular weight is 347 g/mol. The van der Waals surface area contributed by atoms with E-state index in [1.165, 1.54) is 31.2 Å². The maximum Gasteiger partial charge on any atom is 0.245 e. The van der Waals surface area contributed by atoms with Gasteiger partial charge in [0.05, 0.1) is 12.6 Å². The lowest BCUT2D eigenvalue weighted by Crippen LogP contribution is -2.44. The van der Waals surface area contributed by atoms with Crippen molar-refractivity contribution in [2.45, 2.75) is 24.8 Å². The number of nitrogens with one attached hydrogen (secondary N) is 2. The SMILES string of the molecule is C=CCNC(=O)C(C)NS(=O)(=O)c1cc(Cl)ccc1OCC. The smallest absolute Gasteiger partial charge is 0.245 e. The highest BCUT2D eigenvalue weighted by Crippen LogP contribution is 2.27. The molecule has 0 spiro atoms. The zero-order valence-electron chi connectivity index (χ0n) is 12.4. The number of hydrogen-bond acceptors (Lipinski definition) is 4. The molecular formula is C14H19ClN2O4S. The van der Waals surface area contributed by atoms with Crippen LogP contribution in [-0.2, 0) is 14.8 Å². The van der Waals surface area contributed by atoms with Crippen LogP contribution in [0.3, 0.4) is 0 Å². The molecule has 122 valence electrons. The summed E-state index contributed by atoms with van der Waals surface area (Å²) in [4.78, 5) is 11.6. The number of carbonyl (C=O) groups is 1. The highest BCUT2D eigenvalue weighted by molar-refractivity contribution is 7.89. The van der Waals surface area contributed by atoms with Crippen molar-refractivity contribution >= 4 is 27.5 Å². The van der Waals surface area contributed by atoms with Crippen molar-refractivity contribution in [1.82, 2.24) is 10.0 Å². The highest BCUT2D eigenvalue weighted by atomic mass is 35.5. The number of ether oxygens (including phenoxy) is 1.